The van der Waals surface area contributed by atoms with Gasteiger partial charge in [-0.1, -0.05) is 78.9 Å². The van der Waals surface area contributed by atoms with Crippen LogP contribution in [0.1, 0.15) is 24.0 Å². The normalized spacial score (nSPS) is 15.0. The first-order chi connectivity index (χ1) is 19.4. The van der Waals surface area contributed by atoms with Crippen LogP contribution < -0.4 is 10.6 Å². The summed E-state index contributed by atoms with van der Waals surface area (Å²) in [6.07, 6.45) is 1.48. The first kappa shape index (κ1) is 24.9. The summed E-state index contributed by atoms with van der Waals surface area (Å²) in [5, 5.41) is 32.7. The predicted octanol–water partition coefficient (Wildman–Crippen LogP) is 7.81. The minimum atomic E-state index is -0.796. The van der Waals surface area contributed by atoms with Crippen molar-refractivity contribution in [2.75, 3.05) is 10.6 Å². The number of amides is 1. The zero-order valence-electron chi connectivity index (χ0n) is 21.6. The number of fused-ring (bicyclic) bond motifs is 4. The Kier molecular flexibility index (Phi) is 6.24. The number of nitrogens with zero attached hydrogens (tertiary/aromatic N) is 1. The number of nitro benzene ring substituents is 1. The van der Waals surface area contributed by atoms with Crippen molar-refractivity contribution in [2.45, 2.75) is 12.8 Å². The number of hydrogen-bond acceptors (Lipinski definition) is 5. The van der Waals surface area contributed by atoms with Crippen molar-refractivity contribution in [3.8, 4) is 0 Å². The lowest BCUT2D eigenvalue weighted by Crippen LogP contribution is -2.28. The van der Waals surface area contributed by atoms with Gasteiger partial charge >= 0.3 is 0 Å². The topological polar surface area (TPSA) is 104 Å². The molecule has 5 aromatic rings. The second kappa shape index (κ2) is 10.0. The van der Waals surface area contributed by atoms with E-state index in [1.807, 2.05) is 78.9 Å². The molecule has 7 heteroatoms. The number of nitro groups is 1. The van der Waals surface area contributed by atoms with Gasteiger partial charge in [0, 0.05) is 23.0 Å². The highest BCUT2D eigenvalue weighted by Gasteiger charge is 2.37. The van der Waals surface area contributed by atoms with Gasteiger partial charge in [0.1, 0.15) is 0 Å². The van der Waals surface area contributed by atoms with E-state index in [2.05, 4.69) is 10.6 Å². The minimum absolute atomic E-state index is 0.0101. The molecule has 0 saturated heterocycles. The summed E-state index contributed by atoms with van der Waals surface area (Å²) >= 11 is 0. The molecule has 5 aromatic carbocycles. The van der Waals surface area contributed by atoms with Gasteiger partial charge in [-0.25, -0.2) is 0 Å². The Morgan fingerprint density at radius 1 is 0.900 bits per heavy atom. The van der Waals surface area contributed by atoms with Crippen LogP contribution in [-0.4, -0.2) is 15.9 Å². The van der Waals surface area contributed by atoms with E-state index in [0.717, 1.165) is 27.1 Å². The summed E-state index contributed by atoms with van der Waals surface area (Å²) in [5.74, 6) is -1.24. The van der Waals surface area contributed by atoms with Gasteiger partial charge in [-0.3, -0.25) is 14.9 Å². The molecule has 1 unspecified atom stereocenters. The molecule has 0 spiro atoms. The molecule has 0 bridgehead atoms. The average molecular weight is 528 g/mol. The van der Waals surface area contributed by atoms with E-state index in [-0.39, 0.29) is 17.0 Å². The Bertz CT molecular complexity index is 1890. The van der Waals surface area contributed by atoms with Gasteiger partial charge in [-0.2, -0.15) is 0 Å². The Morgan fingerprint density at radius 3 is 2.35 bits per heavy atom. The maximum atomic E-state index is 14.2. The van der Waals surface area contributed by atoms with E-state index in [1.165, 1.54) is 19.1 Å². The number of para-hydroxylation sites is 1. The van der Waals surface area contributed by atoms with Crippen LogP contribution in [0.4, 0.5) is 17.1 Å². The number of carbonyl (C=O) groups is 1. The summed E-state index contributed by atoms with van der Waals surface area (Å²) < 4.78 is 0. The number of carbonyl (C=O) groups excluding carboxylic acids is 1. The number of aliphatic hydroxyl groups excluding tert-OH is 1. The third-order valence-corrected chi connectivity index (χ3v) is 7.16. The standard InChI is InChI=1S/C33H25N3O4/c1-20(37)18-28-32(33(38)34-24-16-14-21-8-2-3-10-23(21)19-24)31(26-12-6-7-13-29(26)36(39)40)30-25-11-5-4-9-22(25)15-17-27(30)35-28/h2-19,31,35,37H,1H3,(H,34,38)/b20-18+. The molecule has 0 radical (unpaired) electrons. The molecule has 196 valence electrons. The molecule has 3 N–H and O–H groups in total. The molecule has 40 heavy (non-hydrogen) atoms. The number of nitrogens with one attached hydrogen (secondary N) is 2. The quantitative estimate of drug-likeness (QED) is 0.123. The van der Waals surface area contributed by atoms with Gasteiger partial charge in [0.2, 0.25) is 0 Å². The van der Waals surface area contributed by atoms with E-state index >= 15 is 0 Å². The number of aliphatic hydroxyl groups is 1. The largest absolute Gasteiger partial charge is 0.513 e. The smallest absolute Gasteiger partial charge is 0.273 e. The van der Waals surface area contributed by atoms with E-state index in [4.69, 9.17) is 0 Å². The zero-order valence-corrected chi connectivity index (χ0v) is 21.6. The Hall–Kier alpha value is -5.43. The van der Waals surface area contributed by atoms with Crippen LogP contribution in [0.2, 0.25) is 0 Å². The first-order valence-electron chi connectivity index (χ1n) is 12.8. The van der Waals surface area contributed by atoms with Gasteiger partial charge in [0.05, 0.1) is 27.9 Å². The van der Waals surface area contributed by atoms with Gasteiger partial charge in [0.15, 0.2) is 0 Å². The molecular formula is C33H25N3O4. The molecule has 0 fully saturated rings. The van der Waals surface area contributed by atoms with Crippen molar-refractivity contribution in [1.82, 2.24) is 0 Å². The molecule has 1 heterocycles. The van der Waals surface area contributed by atoms with Crippen molar-refractivity contribution in [3.05, 3.63) is 147 Å². The van der Waals surface area contributed by atoms with Crippen molar-refractivity contribution < 1.29 is 14.8 Å². The lowest BCUT2D eigenvalue weighted by Gasteiger charge is -2.32. The molecule has 7 nitrogen and oxygen atoms in total. The lowest BCUT2D eigenvalue weighted by atomic mass is 9.77. The highest BCUT2D eigenvalue weighted by Crippen LogP contribution is 2.48. The Balaban J connectivity index is 1.60. The third-order valence-electron chi connectivity index (χ3n) is 7.16. The number of anilines is 2. The number of hydrogen-bond donors (Lipinski definition) is 3. The maximum Gasteiger partial charge on any atom is 0.273 e. The maximum absolute atomic E-state index is 14.2. The summed E-state index contributed by atoms with van der Waals surface area (Å²) in [7, 11) is 0. The van der Waals surface area contributed by atoms with E-state index in [1.54, 1.807) is 18.2 Å². The highest BCUT2D eigenvalue weighted by molar-refractivity contribution is 6.10. The van der Waals surface area contributed by atoms with Crippen LogP contribution in [0.15, 0.2) is 126 Å². The summed E-state index contributed by atoms with van der Waals surface area (Å²) in [6, 6.07) is 31.6. The summed E-state index contributed by atoms with van der Waals surface area (Å²) in [5.41, 5.74) is 2.97. The second-order valence-electron chi connectivity index (χ2n) is 9.75. The van der Waals surface area contributed by atoms with Crippen LogP contribution in [-0.2, 0) is 4.79 Å². The zero-order chi connectivity index (χ0) is 27.8. The van der Waals surface area contributed by atoms with Crippen LogP contribution in [0, 0.1) is 10.1 Å². The average Bonchev–Trinajstić information content (AvgIpc) is 2.95. The van der Waals surface area contributed by atoms with E-state index in [9.17, 15) is 20.0 Å². The lowest BCUT2D eigenvalue weighted by molar-refractivity contribution is -0.385. The van der Waals surface area contributed by atoms with Gasteiger partial charge in [-0.15, -0.1) is 0 Å². The molecule has 1 atom stereocenters. The summed E-state index contributed by atoms with van der Waals surface area (Å²) in [6.45, 7) is 1.52. The fourth-order valence-corrected chi connectivity index (χ4v) is 5.48. The first-order valence-corrected chi connectivity index (χ1v) is 12.8. The van der Waals surface area contributed by atoms with Gasteiger partial charge in [-0.05, 0) is 58.3 Å². The molecule has 0 aromatic heterocycles. The molecule has 1 aliphatic rings. The molecule has 1 amide bonds. The van der Waals surface area contributed by atoms with E-state index in [0.29, 0.717) is 22.6 Å². The van der Waals surface area contributed by atoms with Crippen LogP contribution in [0.5, 0.6) is 0 Å². The molecule has 6 rings (SSSR count). The third kappa shape index (κ3) is 4.43. The number of allylic oxidation sites excluding steroid dienone is 2. The van der Waals surface area contributed by atoms with Crippen LogP contribution in [0.3, 0.4) is 0 Å². The minimum Gasteiger partial charge on any atom is -0.513 e. The van der Waals surface area contributed by atoms with Crippen molar-refractivity contribution in [2.24, 2.45) is 0 Å². The van der Waals surface area contributed by atoms with Crippen molar-refractivity contribution in [1.29, 1.82) is 0 Å². The van der Waals surface area contributed by atoms with Gasteiger partial charge in [0.25, 0.3) is 11.6 Å². The van der Waals surface area contributed by atoms with Gasteiger partial charge < -0.3 is 15.7 Å². The van der Waals surface area contributed by atoms with Crippen LogP contribution >= 0.6 is 0 Å². The summed E-state index contributed by atoms with van der Waals surface area (Å²) in [4.78, 5) is 26.0. The molecule has 0 aliphatic carbocycles. The predicted molar refractivity (Wildman–Crippen MR) is 158 cm³/mol. The second-order valence-corrected chi connectivity index (χ2v) is 9.75. The number of rotatable bonds is 5. The number of benzene rings is 5. The van der Waals surface area contributed by atoms with Crippen molar-refractivity contribution >= 4 is 44.5 Å². The molecule has 1 aliphatic heterocycles. The Labute approximate surface area is 230 Å². The molecule has 0 saturated carbocycles. The van der Waals surface area contributed by atoms with Crippen molar-refractivity contribution in [3.63, 3.8) is 0 Å². The molecular weight excluding hydrogens is 502 g/mol. The SMILES string of the molecule is C/C(O)=C\C1=C(C(=O)Nc2ccc3ccccc3c2)C(c2ccccc2[N+](=O)[O-])c2c(ccc3ccccc23)N1. The van der Waals surface area contributed by atoms with Crippen LogP contribution in [0.25, 0.3) is 21.5 Å². The highest BCUT2D eigenvalue weighted by atomic mass is 16.6. The van der Waals surface area contributed by atoms with E-state index < -0.39 is 16.7 Å². The fourth-order valence-electron chi connectivity index (χ4n) is 5.48. The fraction of sp³-hybridized carbons (Fsp3) is 0.0606. The monoisotopic (exact) mass is 527 g/mol. The Morgan fingerprint density at radius 2 is 1.57 bits per heavy atom.